The van der Waals surface area contributed by atoms with Crippen LogP contribution in [0.25, 0.3) is 0 Å². The highest BCUT2D eigenvalue weighted by molar-refractivity contribution is 5.83. The predicted molar refractivity (Wildman–Crippen MR) is 63.7 cm³/mol. The molecule has 18 heavy (non-hydrogen) atoms. The average molecular weight is 256 g/mol. The van der Waals surface area contributed by atoms with Gasteiger partial charge < -0.3 is 20.5 Å². The number of rotatable bonds is 4. The van der Waals surface area contributed by atoms with Gasteiger partial charge in [-0.05, 0) is 31.2 Å². The SMILES string of the molecule is COC(=O)C(O)CNC(=O)C1NCC2CCCC21. The minimum atomic E-state index is -1.29. The van der Waals surface area contributed by atoms with Crippen LogP contribution in [0, 0.1) is 11.8 Å². The van der Waals surface area contributed by atoms with Gasteiger partial charge in [0.2, 0.25) is 5.91 Å². The second-order valence-electron chi connectivity index (χ2n) is 5.02. The third kappa shape index (κ3) is 2.64. The van der Waals surface area contributed by atoms with Crippen LogP contribution in [0.3, 0.4) is 0 Å². The molecule has 6 nitrogen and oxygen atoms in total. The topological polar surface area (TPSA) is 87.7 Å². The van der Waals surface area contributed by atoms with Crippen molar-refractivity contribution in [1.29, 1.82) is 0 Å². The van der Waals surface area contributed by atoms with Gasteiger partial charge in [0.1, 0.15) is 0 Å². The van der Waals surface area contributed by atoms with Gasteiger partial charge in [0, 0.05) is 0 Å². The third-order valence-corrected chi connectivity index (χ3v) is 3.97. The molecule has 1 heterocycles. The van der Waals surface area contributed by atoms with Crippen LogP contribution >= 0.6 is 0 Å². The number of methoxy groups -OCH3 is 1. The first-order valence-corrected chi connectivity index (χ1v) is 6.40. The van der Waals surface area contributed by atoms with Crippen LogP contribution in [-0.4, -0.2) is 49.3 Å². The lowest BCUT2D eigenvalue weighted by molar-refractivity contribution is -0.150. The summed E-state index contributed by atoms with van der Waals surface area (Å²) in [5.41, 5.74) is 0. The number of carbonyl (C=O) groups is 2. The maximum Gasteiger partial charge on any atom is 0.336 e. The minimum absolute atomic E-state index is 0.0962. The van der Waals surface area contributed by atoms with Gasteiger partial charge in [-0.15, -0.1) is 0 Å². The van der Waals surface area contributed by atoms with Crippen LogP contribution < -0.4 is 10.6 Å². The maximum absolute atomic E-state index is 12.0. The quantitative estimate of drug-likeness (QED) is 0.563. The van der Waals surface area contributed by atoms with Gasteiger partial charge >= 0.3 is 5.97 Å². The van der Waals surface area contributed by atoms with E-state index < -0.39 is 12.1 Å². The molecular formula is C12H20N2O4. The van der Waals surface area contributed by atoms with Gasteiger partial charge in [-0.25, -0.2) is 4.79 Å². The zero-order valence-corrected chi connectivity index (χ0v) is 10.5. The van der Waals surface area contributed by atoms with Crippen LogP contribution in [0.1, 0.15) is 19.3 Å². The first kappa shape index (κ1) is 13.3. The summed E-state index contributed by atoms with van der Waals surface area (Å²) < 4.78 is 4.38. The normalized spacial score (nSPS) is 31.8. The summed E-state index contributed by atoms with van der Waals surface area (Å²) in [5, 5.41) is 15.2. The smallest absolute Gasteiger partial charge is 0.336 e. The molecule has 2 fully saturated rings. The number of fused-ring (bicyclic) bond motifs is 1. The first-order chi connectivity index (χ1) is 8.63. The number of aliphatic hydroxyl groups is 1. The van der Waals surface area contributed by atoms with E-state index in [1.807, 2.05) is 0 Å². The van der Waals surface area contributed by atoms with Gasteiger partial charge in [0.25, 0.3) is 0 Å². The molecule has 2 aliphatic rings. The van der Waals surface area contributed by atoms with E-state index in [9.17, 15) is 14.7 Å². The molecule has 0 radical (unpaired) electrons. The molecule has 1 amide bonds. The van der Waals surface area contributed by atoms with Crippen molar-refractivity contribution >= 4 is 11.9 Å². The second kappa shape index (κ2) is 5.67. The molecule has 0 aromatic carbocycles. The van der Waals surface area contributed by atoms with E-state index >= 15 is 0 Å². The summed E-state index contributed by atoms with van der Waals surface area (Å²) in [6, 6.07) is -0.178. The Labute approximate surface area is 106 Å². The second-order valence-corrected chi connectivity index (χ2v) is 5.02. The molecule has 1 aliphatic heterocycles. The summed E-state index contributed by atoms with van der Waals surface area (Å²) in [5.74, 6) is 0.146. The van der Waals surface area contributed by atoms with Crippen LogP contribution in [0.2, 0.25) is 0 Å². The molecule has 0 bridgehead atoms. The summed E-state index contributed by atoms with van der Waals surface area (Å²) in [7, 11) is 1.20. The lowest BCUT2D eigenvalue weighted by Gasteiger charge is -2.18. The van der Waals surface area contributed by atoms with Crippen molar-refractivity contribution in [2.45, 2.75) is 31.4 Å². The van der Waals surface area contributed by atoms with Crippen LogP contribution in [-0.2, 0) is 14.3 Å². The van der Waals surface area contributed by atoms with E-state index in [0.717, 1.165) is 13.0 Å². The van der Waals surface area contributed by atoms with Gasteiger partial charge in [0.05, 0.1) is 19.7 Å². The highest BCUT2D eigenvalue weighted by Crippen LogP contribution is 2.37. The van der Waals surface area contributed by atoms with E-state index in [4.69, 9.17) is 0 Å². The average Bonchev–Trinajstić information content (AvgIpc) is 2.96. The number of nitrogens with one attached hydrogen (secondary N) is 2. The molecule has 0 spiro atoms. The zero-order chi connectivity index (χ0) is 13.1. The Morgan fingerprint density at radius 1 is 1.50 bits per heavy atom. The molecule has 3 N–H and O–H groups in total. The molecule has 4 atom stereocenters. The molecular weight excluding hydrogens is 236 g/mol. The third-order valence-electron chi connectivity index (χ3n) is 3.97. The van der Waals surface area contributed by atoms with E-state index in [0.29, 0.717) is 11.8 Å². The fourth-order valence-corrected chi connectivity index (χ4v) is 3.00. The Morgan fingerprint density at radius 2 is 2.28 bits per heavy atom. The molecule has 1 saturated carbocycles. The number of esters is 1. The van der Waals surface area contributed by atoms with Crippen molar-refractivity contribution in [3.8, 4) is 0 Å². The molecule has 4 unspecified atom stereocenters. The Bertz CT molecular complexity index is 334. The van der Waals surface area contributed by atoms with Crippen LogP contribution in [0.5, 0.6) is 0 Å². The summed E-state index contributed by atoms with van der Waals surface area (Å²) in [4.78, 5) is 23.0. The Hall–Kier alpha value is -1.14. The van der Waals surface area contributed by atoms with Gasteiger partial charge in [-0.1, -0.05) is 6.42 Å². The number of ether oxygens (including phenoxy) is 1. The van der Waals surface area contributed by atoms with Crippen molar-refractivity contribution in [2.75, 3.05) is 20.2 Å². The molecule has 0 aromatic rings. The summed E-state index contributed by atoms with van der Waals surface area (Å²) in [6.07, 6.45) is 2.16. The van der Waals surface area contributed by atoms with Gasteiger partial charge in [0.15, 0.2) is 6.10 Å². The highest BCUT2D eigenvalue weighted by atomic mass is 16.5. The summed E-state index contributed by atoms with van der Waals surface area (Å²) in [6.45, 7) is 0.795. The largest absolute Gasteiger partial charge is 0.467 e. The Kier molecular flexibility index (Phi) is 4.19. The minimum Gasteiger partial charge on any atom is -0.467 e. The number of hydrogen-bond acceptors (Lipinski definition) is 5. The molecule has 2 rings (SSSR count). The standard InChI is InChI=1S/C12H20N2O4/c1-18-12(17)9(15)6-14-11(16)10-8-4-2-3-7(8)5-13-10/h7-10,13,15H,2-6H2,1H3,(H,14,16). The molecule has 6 heteroatoms. The summed E-state index contributed by atoms with van der Waals surface area (Å²) >= 11 is 0. The number of hydrogen-bond donors (Lipinski definition) is 3. The molecule has 0 aromatic heterocycles. The van der Waals surface area contributed by atoms with Crippen LogP contribution in [0.4, 0.5) is 0 Å². The van der Waals surface area contributed by atoms with Crippen molar-refractivity contribution in [2.24, 2.45) is 11.8 Å². The fraction of sp³-hybridized carbons (Fsp3) is 0.833. The zero-order valence-electron chi connectivity index (χ0n) is 10.5. The van der Waals surface area contributed by atoms with Crippen LogP contribution in [0.15, 0.2) is 0 Å². The maximum atomic E-state index is 12.0. The van der Waals surface area contributed by atoms with Crippen molar-refractivity contribution in [3.63, 3.8) is 0 Å². The van der Waals surface area contributed by atoms with Gasteiger partial charge in [-0.3, -0.25) is 4.79 Å². The highest BCUT2D eigenvalue weighted by Gasteiger charge is 2.42. The van der Waals surface area contributed by atoms with Gasteiger partial charge in [-0.2, -0.15) is 0 Å². The van der Waals surface area contributed by atoms with Crippen molar-refractivity contribution in [1.82, 2.24) is 10.6 Å². The monoisotopic (exact) mass is 256 g/mol. The van der Waals surface area contributed by atoms with Crippen molar-refractivity contribution in [3.05, 3.63) is 0 Å². The number of aliphatic hydroxyl groups excluding tert-OH is 1. The number of carbonyl (C=O) groups excluding carboxylic acids is 2. The van der Waals surface area contributed by atoms with E-state index in [1.54, 1.807) is 0 Å². The van der Waals surface area contributed by atoms with E-state index in [-0.39, 0.29) is 18.5 Å². The van der Waals surface area contributed by atoms with E-state index in [1.165, 1.54) is 20.0 Å². The molecule has 1 aliphatic carbocycles. The predicted octanol–water partition coefficient (Wildman–Crippen LogP) is -0.975. The number of amides is 1. The van der Waals surface area contributed by atoms with Crippen molar-refractivity contribution < 1.29 is 19.4 Å². The Balaban J connectivity index is 1.80. The Morgan fingerprint density at radius 3 is 3.00 bits per heavy atom. The lowest BCUT2D eigenvalue weighted by Crippen LogP contribution is -2.47. The first-order valence-electron chi connectivity index (χ1n) is 6.40. The van der Waals surface area contributed by atoms with E-state index in [2.05, 4.69) is 15.4 Å². The lowest BCUT2D eigenvalue weighted by atomic mass is 9.93. The molecule has 1 saturated heterocycles. The molecule has 102 valence electrons. The fourth-order valence-electron chi connectivity index (χ4n) is 3.00.